The summed E-state index contributed by atoms with van der Waals surface area (Å²) in [5, 5.41) is 3.12. The van der Waals surface area contributed by atoms with E-state index in [2.05, 4.69) is 54.2 Å². The number of pyridine rings is 1. The van der Waals surface area contributed by atoms with Gasteiger partial charge in [0, 0.05) is 24.8 Å². The van der Waals surface area contributed by atoms with E-state index in [1.165, 1.54) is 5.56 Å². The second-order valence-corrected chi connectivity index (χ2v) is 8.58. The van der Waals surface area contributed by atoms with Crippen LogP contribution in [0, 0.1) is 5.92 Å². The smallest absolute Gasteiger partial charge is 0.251 e. The Bertz CT molecular complexity index is 726. The lowest BCUT2D eigenvalue weighted by molar-refractivity contribution is 0.0935. The normalized spacial score (nSPS) is 16.3. The third kappa shape index (κ3) is 5.64. The molecule has 144 valence electrons. The first-order valence-electron chi connectivity index (χ1n) is 9.93. The molecule has 2 heterocycles. The molecule has 27 heavy (non-hydrogen) atoms. The minimum atomic E-state index is 0.0337. The molecule has 0 radical (unpaired) electrons. The predicted octanol–water partition coefficient (Wildman–Crippen LogP) is 4.02. The molecule has 1 aromatic carbocycles. The number of hydrogen-bond acceptors (Lipinski definition) is 3. The summed E-state index contributed by atoms with van der Waals surface area (Å²) in [7, 11) is 0. The Labute approximate surface area is 163 Å². The summed E-state index contributed by atoms with van der Waals surface area (Å²) in [6.45, 7) is 10.4. The topological polar surface area (TPSA) is 45.2 Å². The Kier molecular flexibility index (Phi) is 6.27. The van der Waals surface area contributed by atoms with Crippen LogP contribution in [0.25, 0.3) is 0 Å². The fourth-order valence-corrected chi connectivity index (χ4v) is 3.53. The number of rotatable bonds is 5. The molecule has 0 aliphatic carbocycles. The number of carbonyl (C=O) groups excluding carboxylic acids is 1. The van der Waals surface area contributed by atoms with Crippen molar-refractivity contribution in [2.75, 3.05) is 19.6 Å². The van der Waals surface area contributed by atoms with Gasteiger partial charge in [0.05, 0.1) is 5.69 Å². The quantitative estimate of drug-likeness (QED) is 0.870. The van der Waals surface area contributed by atoms with Gasteiger partial charge in [0.2, 0.25) is 0 Å². The van der Waals surface area contributed by atoms with E-state index < -0.39 is 0 Å². The van der Waals surface area contributed by atoms with Gasteiger partial charge in [-0.2, -0.15) is 0 Å². The molecule has 0 spiro atoms. The SMILES string of the molecule is CC(C)(C)c1ccc(C(=O)NCC2CCN(Cc3ccccn3)CC2)cc1. The van der Waals surface area contributed by atoms with Crippen molar-refractivity contribution in [2.45, 2.75) is 45.6 Å². The van der Waals surface area contributed by atoms with Crippen LogP contribution in [0.15, 0.2) is 48.7 Å². The minimum absolute atomic E-state index is 0.0337. The Balaban J connectivity index is 1.42. The van der Waals surface area contributed by atoms with Gasteiger partial charge in [0.25, 0.3) is 5.91 Å². The van der Waals surface area contributed by atoms with E-state index in [1.807, 2.05) is 30.5 Å². The molecule has 0 bridgehead atoms. The van der Waals surface area contributed by atoms with E-state index in [9.17, 15) is 4.79 Å². The van der Waals surface area contributed by atoms with E-state index in [4.69, 9.17) is 0 Å². The lowest BCUT2D eigenvalue weighted by atomic mass is 9.86. The van der Waals surface area contributed by atoms with Gasteiger partial charge in [-0.15, -0.1) is 0 Å². The number of carbonyl (C=O) groups is 1. The summed E-state index contributed by atoms with van der Waals surface area (Å²) >= 11 is 0. The summed E-state index contributed by atoms with van der Waals surface area (Å²) in [5.41, 5.74) is 3.23. The van der Waals surface area contributed by atoms with E-state index in [1.54, 1.807) is 0 Å². The minimum Gasteiger partial charge on any atom is -0.352 e. The average Bonchev–Trinajstić information content (AvgIpc) is 2.67. The monoisotopic (exact) mass is 365 g/mol. The van der Waals surface area contributed by atoms with E-state index >= 15 is 0 Å². The van der Waals surface area contributed by atoms with Gasteiger partial charge in [0.15, 0.2) is 0 Å². The van der Waals surface area contributed by atoms with Gasteiger partial charge in [-0.1, -0.05) is 39.0 Å². The van der Waals surface area contributed by atoms with Gasteiger partial charge in [-0.05, 0) is 67.1 Å². The van der Waals surface area contributed by atoms with Crippen LogP contribution < -0.4 is 5.32 Å². The second kappa shape index (κ2) is 8.66. The number of nitrogens with zero attached hydrogens (tertiary/aromatic N) is 2. The van der Waals surface area contributed by atoms with Crippen LogP contribution in [-0.4, -0.2) is 35.4 Å². The van der Waals surface area contributed by atoms with Gasteiger partial charge in [-0.3, -0.25) is 14.7 Å². The Morgan fingerprint density at radius 1 is 1.11 bits per heavy atom. The standard InChI is InChI=1S/C23H31N3O/c1-23(2,3)20-9-7-19(8-10-20)22(27)25-16-18-11-14-26(15-12-18)17-21-6-4-5-13-24-21/h4-10,13,18H,11-12,14-17H2,1-3H3,(H,25,27). The molecule has 1 fully saturated rings. The van der Waals surface area contributed by atoms with Crippen molar-refractivity contribution in [1.29, 1.82) is 0 Å². The van der Waals surface area contributed by atoms with Gasteiger partial charge in [-0.25, -0.2) is 0 Å². The highest BCUT2D eigenvalue weighted by Crippen LogP contribution is 2.22. The summed E-state index contributed by atoms with van der Waals surface area (Å²) < 4.78 is 0. The van der Waals surface area contributed by atoms with Gasteiger partial charge >= 0.3 is 0 Å². The molecule has 0 atom stereocenters. The van der Waals surface area contributed by atoms with Crippen molar-refractivity contribution >= 4 is 5.91 Å². The largest absolute Gasteiger partial charge is 0.352 e. The van der Waals surface area contributed by atoms with Gasteiger partial charge < -0.3 is 5.32 Å². The number of hydrogen-bond donors (Lipinski definition) is 1. The summed E-state index contributed by atoms with van der Waals surface area (Å²) in [6.07, 6.45) is 4.10. The van der Waals surface area contributed by atoms with E-state index in [0.717, 1.165) is 50.3 Å². The first-order valence-corrected chi connectivity index (χ1v) is 9.93. The molecule has 4 nitrogen and oxygen atoms in total. The summed E-state index contributed by atoms with van der Waals surface area (Å²) in [6, 6.07) is 14.1. The van der Waals surface area contributed by atoms with Crippen LogP contribution in [-0.2, 0) is 12.0 Å². The predicted molar refractivity (Wildman–Crippen MR) is 110 cm³/mol. The highest BCUT2D eigenvalue weighted by Gasteiger charge is 2.20. The zero-order valence-corrected chi connectivity index (χ0v) is 16.7. The molecular weight excluding hydrogens is 334 g/mol. The van der Waals surface area contributed by atoms with Crippen LogP contribution in [0.3, 0.4) is 0 Å². The third-order valence-corrected chi connectivity index (χ3v) is 5.38. The van der Waals surface area contributed by atoms with Crippen LogP contribution in [0.4, 0.5) is 0 Å². The van der Waals surface area contributed by atoms with Crippen molar-refractivity contribution < 1.29 is 4.79 Å². The molecule has 2 aromatic rings. The Morgan fingerprint density at radius 2 is 1.81 bits per heavy atom. The molecule has 3 rings (SSSR count). The highest BCUT2D eigenvalue weighted by atomic mass is 16.1. The molecule has 1 amide bonds. The Morgan fingerprint density at radius 3 is 2.41 bits per heavy atom. The summed E-state index contributed by atoms with van der Waals surface area (Å²) in [4.78, 5) is 19.3. The van der Waals surface area contributed by atoms with Crippen molar-refractivity contribution in [3.8, 4) is 0 Å². The van der Waals surface area contributed by atoms with Crippen molar-refractivity contribution in [2.24, 2.45) is 5.92 Å². The average molecular weight is 366 g/mol. The molecule has 1 aromatic heterocycles. The highest BCUT2D eigenvalue weighted by molar-refractivity contribution is 5.94. The maximum Gasteiger partial charge on any atom is 0.251 e. The maximum absolute atomic E-state index is 12.4. The zero-order chi connectivity index (χ0) is 19.3. The first kappa shape index (κ1) is 19.6. The number of aromatic nitrogens is 1. The number of nitrogens with one attached hydrogen (secondary N) is 1. The van der Waals surface area contributed by atoms with Crippen molar-refractivity contribution in [1.82, 2.24) is 15.2 Å². The lowest BCUT2D eigenvalue weighted by Crippen LogP contribution is -2.38. The van der Waals surface area contributed by atoms with Crippen LogP contribution in [0.2, 0.25) is 0 Å². The molecule has 0 unspecified atom stereocenters. The van der Waals surface area contributed by atoms with Crippen LogP contribution >= 0.6 is 0 Å². The lowest BCUT2D eigenvalue weighted by Gasteiger charge is -2.31. The van der Waals surface area contributed by atoms with Crippen molar-refractivity contribution in [3.63, 3.8) is 0 Å². The second-order valence-electron chi connectivity index (χ2n) is 8.58. The van der Waals surface area contributed by atoms with Crippen molar-refractivity contribution in [3.05, 3.63) is 65.5 Å². The molecule has 1 aliphatic rings. The number of likely N-dealkylation sites (tertiary alicyclic amines) is 1. The van der Waals surface area contributed by atoms with E-state index in [-0.39, 0.29) is 11.3 Å². The molecular formula is C23H31N3O. The zero-order valence-electron chi connectivity index (χ0n) is 16.7. The maximum atomic E-state index is 12.4. The molecule has 1 aliphatic heterocycles. The van der Waals surface area contributed by atoms with E-state index in [0.29, 0.717) is 5.92 Å². The van der Waals surface area contributed by atoms with Gasteiger partial charge in [0.1, 0.15) is 0 Å². The molecule has 1 saturated heterocycles. The van der Waals surface area contributed by atoms with Crippen LogP contribution in [0.1, 0.15) is 55.2 Å². The molecule has 0 saturated carbocycles. The number of amides is 1. The third-order valence-electron chi connectivity index (χ3n) is 5.38. The fraction of sp³-hybridized carbons (Fsp3) is 0.478. The first-order chi connectivity index (χ1) is 12.9. The summed E-state index contributed by atoms with van der Waals surface area (Å²) in [5.74, 6) is 0.592. The molecule has 4 heteroatoms. The molecule has 1 N–H and O–H groups in total. The number of piperidine rings is 1. The number of benzene rings is 1. The Hall–Kier alpha value is -2.20. The van der Waals surface area contributed by atoms with Crippen LogP contribution in [0.5, 0.6) is 0 Å². The fourth-order valence-electron chi connectivity index (χ4n) is 3.53.